The third-order valence-corrected chi connectivity index (χ3v) is 5.14. The summed E-state index contributed by atoms with van der Waals surface area (Å²) >= 11 is 0. The van der Waals surface area contributed by atoms with Crippen LogP contribution in [0.2, 0.25) is 0 Å². The summed E-state index contributed by atoms with van der Waals surface area (Å²) in [6.07, 6.45) is 1.11. The molecule has 1 aromatic carbocycles. The monoisotopic (exact) mass is 423 g/mol. The number of rotatable bonds is 3. The molecule has 3 heterocycles. The molecule has 2 amide bonds. The van der Waals surface area contributed by atoms with Crippen LogP contribution in [0, 0.1) is 0 Å². The minimum Gasteiger partial charge on any atom is -0.495 e. The maximum atomic E-state index is 13.4. The minimum atomic E-state index is -0.587. The van der Waals surface area contributed by atoms with E-state index in [2.05, 4.69) is 9.97 Å². The highest BCUT2D eigenvalue weighted by Crippen LogP contribution is 2.23. The molecule has 1 saturated heterocycles. The number of carbonyl (C=O) groups is 2. The third kappa shape index (κ3) is 3.67. The first-order valence-electron chi connectivity index (χ1n) is 9.68. The highest BCUT2D eigenvalue weighted by molar-refractivity contribution is 5.94. The molecule has 160 valence electrons. The average molecular weight is 423 g/mol. The molecule has 0 aliphatic carbocycles. The summed E-state index contributed by atoms with van der Waals surface area (Å²) in [5.41, 5.74) is 0.397. The first-order chi connectivity index (χ1) is 15.0. The molecule has 2 aromatic heterocycles. The lowest BCUT2D eigenvalue weighted by Gasteiger charge is -2.33. The van der Waals surface area contributed by atoms with Crippen LogP contribution in [0.25, 0.3) is 16.9 Å². The summed E-state index contributed by atoms with van der Waals surface area (Å²) in [6, 6.07) is 10.4. The topological polar surface area (TPSA) is 107 Å². The lowest BCUT2D eigenvalue weighted by molar-refractivity contribution is 0.0593. The molecular weight excluding hydrogens is 402 g/mol. The summed E-state index contributed by atoms with van der Waals surface area (Å²) < 4.78 is 11.5. The van der Waals surface area contributed by atoms with Crippen molar-refractivity contribution in [3.8, 4) is 11.4 Å². The second kappa shape index (κ2) is 8.42. The van der Waals surface area contributed by atoms with Crippen molar-refractivity contribution in [1.29, 1.82) is 0 Å². The van der Waals surface area contributed by atoms with E-state index in [4.69, 9.17) is 9.47 Å². The van der Waals surface area contributed by atoms with Gasteiger partial charge in [-0.3, -0.25) is 14.2 Å². The number of pyridine rings is 1. The molecule has 10 heteroatoms. The zero-order valence-electron chi connectivity index (χ0n) is 17.1. The number of aromatic nitrogens is 3. The number of hydrogen-bond donors (Lipinski definition) is 0. The highest BCUT2D eigenvalue weighted by atomic mass is 16.5. The lowest BCUT2D eigenvalue weighted by atomic mass is 10.2. The fourth-order valence-electron chi connectivity index (χ4n) is 3.57. The molecule has 10 nitrogen and oxygen atoms in total. The van der Waals surface area contributed by atoms with Crippen LogP contribution >= 0.6 is 0 Å². The molecular formula is C21H21N5O5. The molecule has 3 aromatic rings. The van der Waals surface area contributed by atoms with E-state index in [0.717, 1.165) is 0 Å². The van der Waals surface area contributed by atoms with Gasteiger partial charge in [0.1, 0.15) is 11.3 Å². The number of amides is 2. The molecule has 0 saturated carbocycles. The van der Waals surface area contributed by atoms with Gasteiger partial charge in [-0.05, 0) is 24.3 Å². The number of methoxy groups -OCH3 is 2. The summed E-state index contributed by atoms with van der Waals surface area (Å²) in [6.45, 7) is 1.17. The van der Waals surface area contributed by atoms with E-state index in [-0.39, 0.29) is 18.8 Å². The first-order valence-corrected chi connectivity index (χ1v) is 9.68. The summed E-state index contributed by atoms with van der Waals surface area (Å²) in [7, 11) is 2.82. The van der Waals surface area contributed by atoms with Crippen LogP contribution in [0.4, 0.5) is 4.79 Å². The van der Waals surface area contributed by atoms with Gasteiger partial charge in [0, 0.05) is 32.4 Å². The number of para-hydroxylation sites is 2. The Hall–Kier alpha value is -3.95. The Labute approximate surface area is 177 Å². The van der Waals surface area contributed by atoms with Crippen LogP contribution in [0.15, 0.2) is 47.4 Å². The Bertz CT molecular complexity index is 1200. The van der Waals surface area contributed by atoms with Crippen LogP contribution in [-0.2, 0) is 4.74 Å². The molecule has 0 bridgehead atoms. The van der Waals surface area contributed by atoms with Gasteiger partial charge in [-0.15, -0.1) is 0 Å². The van der Waals surface area contributed by atoms with Crippen molar-refractivity contribution < 1.29 is 19.1 Å². The normalized spacial score (nSPS) is 13.9. The van der Waals surface area contributed by atoms with Crippen molar-refractivity contribution in [3.05, 3.63) is 58.6 Å². The van der Waals surface area contributed by atoms with Gasteiger partial charge in [-0.1, -0.05) is 12.1 Å². The van der Waals surface area contributed by atoms with Crippen molar-refractivity contribution in [2.24, 2.45) is 0 Å². The summed E-state index contributed by atoms with van der Waals surface area (Å²) in [5, 5.41) is 0. The molecule has 31 heavy (non-hydrogen) atoms. The van der Waals surface area contributed by atoms with Gasteiger partial charge < -0.3 is 19.3 Å². The fourth-order valence-corrected chi connectivity index (χ4v) is 3.57. The molecule has 0 atom stereocenters. The van der Waals surface area contributed by atoms with Gasteiger partial charge >= 0.3 is 6.09 Å². The molecule has 0 spiro atoms. The van der Waals surface area contributed by atoms with Crippen molar-refractivity contribution in [3.63, 3.8) is 0 Å². The lowest BCUT2D eigenvalue weighted by Crippen LogP contribution is -2.51. The van der Waals surface area contributed by atoms with E-state index in [1.165, 1.54) is 28.6 Å². The number of ether oxygens (including phenoxy) is 2. The van der Waals surface area contributed by atoms with E-state index in [9.17, 15) is 14.4 Å². The fraction of sp³-hybridized carbons (Fsp3) is 0.286. The standard InChI is InChI=1S/C21H21N5O5/c1-30-16-8-4-3-7-15(16)26-18-14(6-5-9-22-18)23-17(20(26)28)19(27)24-10-12-25(13-11-24)21(29)31-2/h3-9H,10-13H2,1-2H3. The quantitative estimate of drug-likeness (QED) is 0.625. The summed E-state index contributed by atoms with van der Waals surface area (Å²) in [5.74, 6) is -0.0308. The maximum absolute atomic E-state index is 13.4. The Morgan fingerprint density at radius 1 is 0.968 bits per heavy atom. The predicted molar refractivity (Wildman–Crippen MR) is 112 cm³/mol. The van der Waals surface area contributed by atoms with Crippen molar-refractivity contribution >= 4 is 23.2 Å². The first kappa shape index (κ1) is 20.3. The third-order valence-electron chi connectivity index (χ3n) is 5.14. The molecule has 4 rings (SSSR count). The second-order valence-corrected chi connectivity index (χ2v) is 6.87. The van der Waals surface area contributed by atoms with Crippen LogP contribution < -0.4 is 10.3 Å². The van der Waals surface area contributed by atoms with Crippen molar-refractivity contribution in [2.75, 3.05) is 40.4 Å². The number of fused-ring (bicyclic) bond motifs is 1. The van der Waals surface area contributed by atoms with E-state index in [1.54, 1.807) is 42.6 Å². The van der Waals surface area contributed by atoms with Gasteiger partial charge in [0.25, 0.3) is 11.5 Å². The van der Waals surface area contributed by atoms with Gasteiger partial charge in [0.05, 0.1) is 19.9 Å². The Morgan fingerprint density at radius 2 is 1.68 bits per heavy atom. The largest absolute Gasteiger partial charge is 0.495 e. The zero-order chi connectivity index (χ0) is 22.0. The predicted octanol–water partition coefficient (Wildman–Crippen LogP) is 1.31. The number of nitrogens with zero attached hydrogens (tertiary/aromatic N) is 5. The average Bonchev–Trinajstić information content (AvgIpc) is 2.83. The summed E-state index contributed by atoms with van der Waals surface area (Å²) in [4.78, 5) is 50.0. The van der Waals surface area contributed by atoms with Crippen LogP contribution in [0.5, 0.6) is 5.75 Å². The van der Waals surface area contributed by atoms with E-state index >= 15 is 0 Å². The highest BCUT2D eigenvalue weighted by Gasteiger charge is 2.29. The van der Waals surface area contributed by atoms with Crippen LogP contribution in [0.1, 0.15) is 10.5 Å². The number of benzene rings is 1. The molecule has 1 aliphatic rings. The maximum Gasteiger partial charge on any atom is 0.409 e. The number of carbonyl (C=O) groups excluding carboxylic acids is 2. The SMILES string of the molecule is COC(=O)N1CCN(C(=O)c2nc3cccnc3n(-c3ccccc3OC)c2=O)CC1. The van der Waals surface area contributed by atoms with E-state index < -0.39 is 17.6 Å². The van der Waals surface area contributed by atoms with Gasteiger partial charge in [-0.25, -0.2) is 14.8 Å². The number of hydrogen-bond acceptors (Lipinski definition) is 7. The second-order valence-electron chi connectivity index (χ2n) is 6.87. The molecule has 0 N–H and O–H groups in total. The minimum absolute atomic E-state index is 0.210. The Kier molecular flexibility index (Phi) is 5.52. The van der Waals surface area contributed by atoms with Gasteiger partial charge in [0.2, 0.25) is 0 Å². The van der Waals surface area contributed by atoms with Crippen LogP contribution in [0.3, 0.4) is 0 Å². The van der Waals surface area contributed by atoms with Crippen LogP contribution in [-0.4, -0.2) is 76.7 Å². The van der Waals surface area contributed by atoms with Gasteiger partial charge in [-0.2, -0.15) is 0 Å². The molecule has 0 radical (unpaired) electrons. The van der Waals surface area contributed by atoms with E-state index in [1.807, 2.05) is 0 Å². The Balaban J connectivity index is 1.78. The molecule has 1 fully saturated rings. The smallest absolute Gasteiger partial charge is 0.409 e. The van der Waals surface area contributed by atoms with Crippen molar-refractivity contribution in [2.45, 2.75) is 0 Å². The zero-order valence-corrected chi connectivity index (χ0v) is 17.1. The molecule has 0 unspecified atom stereocenters. The molecule has 1 aliphatic heterocycles. The number of piperazine rings is 1. The Morgan fingerprint density at radius 3 is 2.39 bits per heavy atom. The van der Waals surface area contributed by atoms with Crippen molar-refractivity contribution in [1.82, 2.24) is 24.3 Å². The van der Waals surface area contributed by atoms with E-state index in [0.29, 0.717) is 35.7 Å². The van der Waals surface area contributed by atoms with Gasteiger partial charge in [0.15, 0.2) is 11.3 Å².